The highest BCUT2D eigenvalue weighted by atomic mass is 32.2. The van der Waals surface area contributed by atoms with Gasteiger partial charge in [0.2, 0.25) is 0 Å². The summed E-state index contributed by atoms with van der Waals surface area (Å²) in [6.45, 7) is 5.63. The lowest BCUT2D eigenvalue weighted by Crippen LogP contribution is -2.31. The highest BCUT2D eigenvalue weighted by Crippen LogP contribution is 2.28. The Morgan fingerprint density at radius 1 is 1.12 bits per heavy atom. The smallest absolute Gasteiger partial charge is 0.264 e. The molecule has 2 rings (SSSR count). The first-order valence-corrected chi connectivity index (χ1v) is 9.01. The van der Waals surface area contributed by atoms with Crippen LogP contribution >= 0.6 is 0 Å². The minimum absolute atomic E-state index is 0.111. The number of para-hydroxylation sites is 1. The number of rotatable bonds is 7. The third kappa shape index (κ3) is 3.93. The van der Waals surface area contributed by atoms with Crippen LogP contribution in [0.15, 0.2) is 72.2 Å². The van der Waals surface area contributed by atoms with E-state index < -0.39 is 10.0 Å². The second-order valence-electron chi connectivity index (χ2n) is 5.28. The molecule has 0 spiro atoms. The van der Waals surface area contributed by atoms with Crippen LogP contribution in [0.1, 0.15) is 11.1 Å². The molecule has 0 fully saturated rings. The Hall–Kier alpha value is -2.37. The quantitative estimate of drug-likeness (QED) is 0.784. The van der Waals surface area contributed by atoms with Gasteiger partial charge in [-0.2, -0.15) is 0 Å². The molecule has 2 aromatic carbocycles. The third-order valence-corrected chi connectivity index (χ3v) is 5.31. The number of anilines is 1. The maximum absolute atomic E-state index is 13.1. The molecule has 4 nitrogen and oxygen atoms in total. The number of hydrogen-bond donors (Lipinski definition) is 1. The van der Waals surface area contributed by atoms with Crippen molar-refractivity contribution in [2.45, 2.75) is 11.8 Å². The van der Waals surface area contributed by atoms with Crippen molar-refractivity contribution in [3.05, 3.63) is 78.4 Å². The first kappa shape index (κ1) is 18.0. The molecule has 0 aliphatic carbocycles. The van der Waals surface area contributed by atoms with Crippen LogP contribution in [0.25, 0.3) is 6.08 Å². The topological polar surface area (TPSA) is 57.6 Å². The fourth-order valence-electron chi connectivity index (χ4n) is 2.32. The molecule has 0 radical (unpaired) electrons. The van der Waals surface area contributed by atoms with Gasteiger partial charge in [-0.25, -0.2) is 8.42 Å². The van der Waals surface area contributed by atoms with Crippen molar-refractivity contribution in [3.8, 4) is 0 Å². The van der Waals surface area contributed by atoms with Gasteiger partial charge in [-0.05, 0) is 30.7 Å². The van der Waals surface area contributed by atoms with E-state index in [0.29, 0.717) is 11.3 Å². The van der Waals surface area contributed by atoms with Crippen molar-refractivity contribution in [1.82, 2.24) is 0 Å². The van der Waals surface area contributed by atoms with Crippen molar-refractivity contribution in [1.29, 1.82) is 0 Å². The summed E-state index contributed by atoms with van der Waals surface area (Å²) in [5, 5.41) is 8.99. The highest BCUT2D eigenvalue weighted by molar-refractivity contribution is 7.92. The molecule has 0 unspecified atom stereocenters. The first-order chi connectivity index (χ1) is 11.5. The van der Waals surface area contributed by atoms with Crippen molar-refractivity contribution < 1.29 is 13.5 Å². The van der Waals surface area contributed by atoms with Gasteiger partial charge in [-0.3, -0.25) is 4.31 Å². The molecule has 0 aliphatic rings. The number of aryl methyl sites for hydroxylation is 1. The molecule has 0 aromatic heterocycles. The van der Waals surface area contributed by atoms with E-state index in [-0.39, 0.29) is 18.0 Å². The monoisotopic (exact) mass is 343 g/mol. The zero-order valence-corrected chi connectivity index (χ0v) is 14.4. The SMILES string of the molecule is C=CCN(c1ccccc1/C=C/CO)S(=O)(=O)c1ccc(C)cc1. The van der Waals surface area contributed by atoms with Crippen molar-refractivity contribution in [2.75, 3.05) is 17.5 Å². The second-order valence-corrected chi connectivity index (χ2v) is 7.14. The predicted octanol–water partition coefficient (Wildman–Crippen LogP) is 3.38. The molecule has 5 heteroatoms. The lowest BCUT2D eigenvalue weighted by molar-refractivity contribution is 0.343. The van der Waals surface area contributed by atoms with E-state index in [4.69, 9.17) is 5.11 Å². The molecular weight excluding hydrogens is 322 g/mol. The number of nitrogens with zero attached hydrogens (tertiary/aromatic N) is 1. The lowest BCUT2D eigenvalue weighted by atomic mass is 10.1. The van der Waals surface area contributed by atoms with E-state index in [1.807, 2.05) is 19.1 Å². The predicted molar refractivity (Wildman–Crippen MR) is 98.5 cm³/mol. The van der Waals surface area contributed by atoms with Crippen LogP contribution in [0.5, 0.6) is 0 Å². The van der Waals surface area contributed by atoms with Crippen molar-refractivity contribution in [2.24, 2.45) is 0 Å². The van der Waals surface area contributed by atoms with E-state index in [9.17, 15) is 8.42 Å². The molecule has 0 bridgehead atoms. The fourth-order valence-corrected chi connectivity index (χ4v) is 3.78. The number of aliphatic hydroxyl groups is 1. The molecule has 24 heavy (non-hydrogen) atoms. The lowest BCUT2D eigenvalue weighted by Gasteiger charge is -2.25. The maximum Gasteiger partial charge on any atom is 0.264 e. The summed E-state index contributed by atoms with van der Waals surface area (Å²) in [4.78, 5) is 0.232. The van der Waals surface area contributed by atoms with Crippen molar-refractivity contribution in [3.63, 3.8) is 0 Å². The number of benzene rings is 2. The van der Waals surface area contributed by atoms with Crippen molar-refractivity contribution >= 4 is 21.8 Å². The van der Waals surface area contributed by atoms with Gasteiger partial charge in [0.05, 0.1) is 23.7 Å². The largest absolute Gasteiger partial charge is 0.392 e. The van der Waals surface area contributed by atoms with E-state index in [0.717, 1.165) is 5.56 Å². The van der Waals surface area contributed by atoms with E-state index >= 15 is 0 Å². The minimum atomic E-state index is -3.71. The molecule has 0 atom stereocenters. The minimum Gasteiger partial charge on any atom is -0.392 e. The Bertz CT molecular complexity index is 824. The Morgan fingerprint density at radius 3 is 2.42 bits per heavy atom. The third-order valence-electron chi connectivity index (χ3n) is 3.51. The van der Waals surface area contributed by atoms with Crippen LogP contribution in [-0.2, 0) is 10.0 Å². The average molecular weight is 343 g/mol. The maximum atomic E-state index is 13.1. The summed E-state index contributed by atoms with van der Waals surface area (Å²) in [5.74, 6) is 0. The van der Waals surface area contributed by atoms with Gasteiger partial charge in [-0.15, -0.1) is 6.58 Å². The number of aliphatic hydroxyl groups excluding tert-OH is 1. The fraction of sp³-hybridized carbons (Fsp3) is 0.158. The van der Waals surface area contributed by atoms with Crippen LogP contribution in [0.3, 0.4) is 0 Å². The van der Waals surface area contributed by atoms with Crippen LogP contribution in [0, 0.1) is 6.92 Å². The molecule has 1 N–H and O–H groups in total. The Labute approximate surface area is 143 Å². The van der Waals surface area contributed by atoms with Gasteiger partial charge in [-0.1, -0.05) is 54.1 Å². The summed E-state index contributed by atoms with van der Waals surface area (Å²) < 4.78 is 27.5. The van der Waals surface area contributed by atoms with Gasteiger partial charge in [0.1, 0.15) is 0 Å². The second kappa shape index (κ2) is 7.95. The van der Waals surface area contributed by atoms with Crippen LogP contribution in [0.4, 0.5) is 5.69 Å². The molecule has 126 valence electrons. The number of hydrogen-bond acceptors (Lipinski definition) is 3. The normalized spacial score (nSPS) is 11.6. The molecule has 0 heterocycles. The Kier molecular flexibility index (Phi) is 5.95. The summed E-state index contributed by atoms with van der Waals surface area (Å²) in [5.41, 5.74) is 2.25. The van der Waals surface area contributed by atoms with Gasteiger partial charge >= 0.3 is 0 Å². The Morgan fingerprint density at radius 2 is 1.79 bits per heavy atom. The molecule has 2 aromatic rings. The van der Waals surface area contributed by atoms with Crippen LogP contribution in [-0.4, -0.2) is 26.7 Å². The van der Waals surface area contributed by atoms with Gasteiger partial charge in [0.25, 0.3) is 10.0 Å². The average Bonchev–Trinajstić information content (AvgIpc) is 2.58. The summed E-state index contributed by atoms with van der Waals surface area (Å²) >= 11 is 0. The summed E-state index contributed by atoms with van der Waals surface area (Å²) in [6.07, 6.45) is 4.83. The van der Waals surface area contributed by atoms with E-state index in [1.165, 1.54) is 4.31 Å². The number of sulfonamides is 1. The molecule has 0 aliphatic heterocycles. The standard InChI is InChI=1S/C19H21NO3S/c1-3-14-20(19-9-5-4-7-17(19)8-6-15-21)24(22,23)18-12-10-16(2)11-13-18/h3-13,21H,1,14-15H2,2H3/b8-6+. The van der Waals surface area contributed by atoms with Gasteiger partial charge in [0.15, 0.2) is 0 Å². The summed E-state index contributed by atoms with van der Waals surface area (Å²) in [6, 6.07) is 13.9. The molecule has 0 amide bonds. The first-order valence-electron chi connectivity index (χ1n) is 7.57. The summed E-state index contributed by atoms with van der Waals surface area (Å²) in [7, 11) is -3.71. The van der Waals surface area contributed by atoms with E-state index in [2.05, 4.69) is 6.58 Å². The van der Waals surface area contributed by atoms with Crippen LogP contribution < -0.4 is 4.31 Å². The van der Waals surface area contributed by atoms with Gasteiger partial charge in [0, 0.05) is 0 Å². The van der Waals surface area contributed by atoms with E-state index in [1.54, 1.807) is 54.6 Å². The molecule has 0 saturated heterocycles. The zero-order chi connectivity index (χ0) is 17.6. The van der Waals surface area contributed by atoms with Crippen LogP contribution in [0.2, 0.25) is 0 Å². The molecular formula is C19H21NO3S. The molecule has 0 saturated carbocycles. The van der Waals surface area contributed by atoms with Gasteiger partial charge < -0.3 is 5.11 Å². The Balaban J connectivity index is 2.56. The zero-order valence-electron chi connectivity index (χ0n) is 13.6. The highest BCUT2D eigenvalue weighted by Gasteiger charge is 2.25.